The van der Waals surface area contributed by atoms with E-state index in [9.17, 15) is 0 Å². The van der Waals surface area contributed by atoms with Crippen LogP contribution in [0.2, 0.25) is 0 Å². The lowest BCUT2D eigenvalue weighted by Gasteiger charge is -2.40. The Kier molecular flexibility index (Phi) is 11.4. The summed E-state index contributed by atoms with van der Waals surface area (Å²) in [7, 11) is -0.161. The van der Waals surface area contributed by atoms with Crippen LogP contribution in [0.5, 0.6) is 0 Å². The third-order valence-corrected chi connectivity index (χ3v) is 14.7. The normalized spacial score (nSPS) is 20.0. The summed E-state index contributed by atoms with van der Waals surface area (Å²) in [6.45, 7) is 22.0. The molecule has 222 valence electrons. The Balaban J connectivity index is 1.99. The van der Waals surface area contributed by atoms with Crippen molar-refractivity contribution in [1.29, 1.82) is 0 Å². The van der Waals surface area contributed by atoms with Crippen molar-refractivity contribution in [3.8, 4) is 11.1 Å². The molecule has 2 saturated carbocycles. The van der Waals surface area contributed by atoms with Crippen LogP contribution < -0.4 is 5.30 Å². The van der Waals surface area contributed by atoms with E-state index < -0.39 is 0 Å². The zero-order chi connectivity index (χ0) is 29.0. The molecule has 2 aromatic carbocycles. The molecule has 4 rings (SSSR count). The number of rotatable bonds is 10. The largest absolute Gasteiger partial charge is 0.0683 e. The monoisotopic (exact) mass is 560 g/mol. The second-order valence-corrected chi connectivity index (χ2v) is 17.4. The van der Waals surface area contributed by atoms with Crippen molar-refractivity contribution in [2.45, 2.75) is 156 Å². The maximum atomic E-state index is 2.65. The van der Waals surface area contributed by atoms with Gasteiger partial charge in [0.05, 0.1) is 0 Å². The van der Waals surface area contributed by atoms with Gasteiger partial charge in [-0.3, -0.25) is 0 Å². The van der Waals surface area contributed by atoms with Gasteiger partial charge in [-0.05, 0) is 106 Å². The fourth-order valence-electron chi connectivity index (χ4n) is 7.43. The first kappa shape index (κ1) is 31.8. The van der Waals surface area contributed by atoms with Gasteiger partial charge in [0.2, 0.25) is 0 Å². The number of benzene rings is 2. The fraction of sp³-hybridized carbons (Fsp3) is 0.692. The summed E-state index contributed by atoms with van der Waals surface area (Å²) in [5.74, 6) is 3.54. The summed E-state index contributed by atoms with van der Waals surface area (Å²) in [6, 6.07) is 15.2. The molecule has 3 atom stereocenters. The van der Waals surface area contributed by atoms with Crippen LogP contribution in [0.25, 0.3) is 11.1 Å². The molecule has 0 bridgehead atoms. The van der Waals surface area contributed by atoms with Crippen molar-refractivity contribution in [1.82, 2.24) is 0 Å². The third-order valence-electron chi connectivity index (χ3n) is 11.1. The van der Waals surface area contributed by atoms with Crippen LogP contribution in [-0.2, 0) is 0 Å². The number of hydrogen-bond acceptors (Lipinski definition) is 0. The summed E-state index contributed by atoms with van der Waals surface area (Å²) < 4.78 is 0. The van der Waals surface area contributed by atoms with Gasteiger partial charge in [-0.1, -0.05) is 145 Å². The molecule has 0 spiro atoms. The lowest BCUT2D eigenvalue weighted by Crippen LogP contribution is -2.27. The maximum Gasteiger partial charge on any atom is -0.0101 e. The van der Waals surface area contributed by atoms with Crippen molar-refractivity contribution in [2.24, 2.45) is 17.8 Å². The molecule has 40 heavy (non-hydrogen) atoms. The van der Waals surface area contributed by atoms with Crippen LogP contribution in [0.15, 0.2) is 36.4 Å². The van der Waals surface area contributed by atoms with E-state index in [0.717, 1.165) is 11.3 Å². The van der Waals surface area contributed by atoms with Gasteiger partial charge in [-0.2, -0.15) is 0 Å². The molecule has 0 nitrogen and oxygen atoms in total. The van der Waals surface area contributed by atoms with Crippen molar-refractivity contribution < 1.29 is 0 Å². The average molecular weight is 561 g/mol. The van der Waals surface area contributed by atoms with E-state index in [1.807, 2.05) is 0 Å². The van der Waals surface area contributed by atoms with E-state index in [0.29, 0.717) is 35.5 Å². The summed E-state index contributed by atoms with van der Waals surface area (Å²) in [4.78, 5) is 0. The van der Waals surface area contributed by atoms with Crippen LogP contribution in [0.1, 0.15) is 161 Å². The van der Waals surface area contributed by atoms with Gasteiger partial charge in [0.25, 0.3) is 0 Å². The standard InChI is InChI=1S/C39H61P/c1-26(2)29(7)32-24-36(30(8)27(3)4)39(37(25-32)31(9)28(5)6)35-22-16-17-23-38(35)40(33-18-12-10-13-19-33)34-20-14-11-15-21-34/h16-17,22-31,33-34H,10-15,18-21H2,1-9H3. The molecule has 0 aliphatic heterocycles. The molecule has 0 saturated heterocycles. The van der Waals surface area contributed by atoms with Crippen LogP contribution in [-0.4, -0.2) is 11.3 Å². The van der Waals surface area contributed by atoms with Crippen molar-refractivity contribution in [2.75, 3.05) is 0 Å². The highest BCUT2D eigenvalue weighted by Gasteiger charge is 2.35. The quantitative estimate of drug-likeness (QED) is 0.253. The van der Waals surface area contributed by atoms with Gasteiger partial charge in [-0.25, -0.2) is 0 Å². The SMILES string of the molecule is CC(C)C(C)c1cc(C(C)C(C)C)c(-c2ccccc2P(C2CCCCC2)C2CCCCC2)c(C(C)C(C)C)c1. The lowest BCUT2D eigenvalue weighted by molar-refractivity contribution is 0.487. The predicted molar refractivity (Wildman–Crippen MR) is 182 cm³/mol. The first-order chi connectivity index (χ1) is 19.1. The van der Waals surface area contributed by atoms with Crippen LogP contribution in [0, 0.1) is 17.8 Å². The minimum Gasteiger partial charge on any atom is -0.0683 e. The molecule has 1 heteroatoms. The van der Waals surface area contributed by atoms with Gasteiger partial charge in [-0.15, -0.1) is 0 Å². The molecule has 0 aromatic heterocycles. The van der Waals surface area contributed by atoms with Gasteiger partial charge in [0.1, 0.15) is 0 Å². The highest BCUT2D eigenvalue weighted by atomic mass is 31.1. The fourth-order valence-corrected chi connectivity index (χ4v) is 11.4. The van der Waals surface area contributed by atoms with Crippen molar-refractivity contribution >= 4 is 13.2 Å². The summed E-state index contributed by atoms with van der Waals surface area (Å²) >= 11 is 0. The molecule has 2 aliphatic rings. The molecular weight excluding hydrogens is 499 g/mol. The molecule has 2 aromatic rings. The zero-order valence-corrected chi connectivity index (χ0v) is 28.5. The Bertz CT molecular complexity index is 1010. The smallest absolute Gasteiger partial charge is 0.0101 e. The third kappa shape index (κ3) is 7.08. The Hall–Kier alpha value is -1.13. The van der Waals surface area contributed by atoms with E-state index >= 15 is 0 Å². The summed E-state index contributed by atoms with van der Waals surface area (Å²) in [6.07, 6.45) is 14.6. The molecule has 0 heterocycles. The molecule has 3 unspecified atom stereocenters. The van der Waals surface area contributed by atoms with Crippen LogP contribution >= 0.6 is 7.92 Å². The minimum absolute atomic E-state index is 0.161. The molecule has 2 aliphatic carbocycles. The molecule has 0 amide bonds. The summed E-state index contributed by atoms with van der Waals surface area (Å²) in [5, 5.41) is 1.76. The van der Waals surface area contributed by atoms with Gasteiger partial charge in [0, 0.05) is 0 Å². The topological polar surface area (TPSA) is 0 Å². The first-order valence-electron chi connectivity index (χ1n) is 17.2. The van der Waals surface area contributed by atoms with E-state index in [1.165, 1.54) is 64.2 Å². The lowest BCUT2D eigenvalue weighted by atomic mass is 9.75. The second kappa shape index (κ2) is 14.4. The molecular formula is C39H61P. The van der Waals surface area contributed by atoms with Crippen molar-refractivity contribution in [3.05, 3.63) is 53.1 Å². The molecule has 2 fully saturated rings. The van der Waals surface area contributed by atoms with E-state index in [4.69, 9.17) is 0 Å². The highest BCUT2D eigenvalue weighted by molar-refractivity contribution is 7.67. The van der Waals surface area contributed by atoms with Gasteiger partial charge in [0.15, 0.2) is 0 Å². The Morgan fingerprint density at radius 3 is 1.40 bits per heavy atom. The van der Waals surface area contributed by atoms with Crippen LogP contribution in [0.4, 0.5) is 0 Å². The summed E-state index contributed by atoms with van der Waals surface area (Å²) in [5.41, 5.74) is 9.88. The van der Waals surface area contributed by atoms with Crippen molar-refractivity contribution in [3.63, 3.8) is 0 Å². The first-order valence-corrected chi connectivity index (χ1v) is 18.6. The average Bonchev–Trinajstić information content (AvgIpc) is 2.96. The minimum atomic E-state index is -0.161. The van der Waals surface area contributed by atoms with E-state index in [2.05, 4.69) is 98.7 Å². The second-order valence-electron chi connectivity index (χ2n) is 14.7. The van der Waals surface area contributed by atoms with Gasteiger partial charge >= 0.3 is 0 Å². The Morgan fingerprint density at radius 2 is 0.975 bits per heavy atom. The van der Waals surface area contributed by atoms with E-state index in [1.54, 1.807) is 33.1 Å². The van der Waals surface area contributed by atoms with E-state index in [-0.39, 0.29) is 7.92 Å². The predicted octanol–water partition coefficient (Wildman–Crippen LogP) is 12.4. The van der Waals surface area contributed by atoms with Crippen LogP contribution in [0.3, 0.4) is 0 Å². The number of hydrogen-bond donors (Lipinski definition) is 0. The zero-order valence-electron chi connectivity index (χ0n) is 27.6. The Morgan fingerprint density at radius 1 is 0.550 bits per heavy atom. The Labute approximate surface area is 250 Å². The molecule has 0 N–H and O–H groups in total. The molecule has 0 radical (unpaired) electrons. The van der Waals surface area contributed by atoms with Gasteiger partial charge < -0.3 is 0 Å². The highest BCUT2D eigenvalue weighted by Crippen LogP contribution is 2.57. The maximum absolute atomic E-state index is 2.65.